The Kier molecular flexibility index (Phi) is 5.49. The average molecular weight is 401 g/mol. The molecule has 1 heterocycles. The van der Waals surface area contributed by atoms with Crippen LogP contribution in [-0.4, -0.2) is 23.8 Å². The molecule has 0 amide bonds. The number of para-hydroxylation sites is 2. The smallest absolute Gasteiger partial charge is 0.161 e. The number of nitrogens with zero attached hydrogens (tertiary/aromatic N) is 2. The molecule has 0 atom stereocenters. The van der Waals surface area contributed by atoms with E-state index in [9.17, 15) is 0 Å². The van der Waals surface area contributed by atoms with Crippen LogP contribution in [-0.2, 0) is 13.0 Å². The maximum Gasteiger partial charge on any atom is 0.161 e. The van der Waals surface area contributed by atoms with Crippen molar-refractivity contribution in [1.82, 2.24) is 9.55 Å². The number of hydrogen-bond donors (Lipinski definition) is 0. The fourth-order valence-electron chi connectivity index (χ4n) is 4.23. The Morgan fingerprint density at radius 2 is 1.53 bits per heavy atom. The van der Waals surface area contributed by atoms with E-state index in [1.165, 1.54) is 22.3 Å². The van der Waals surface area contributed by atoms with Crippen LogP contribution in [0.3, 0.4) is 0 Å². The van der Waals surface area contributed by atoms with Gasteiger partial charge < -0.3 is 14.0 Å². The topological polar surface area (TPSA) is 36.3 Å². The number of methoxy groups -OCH3 is 2. The molecule has 3 aromatic carbocycles. The van der Waals surface area contributed by atoms with Crippen LogP contribution < -0.4 is 9.47 Å². The molecule has 4 aromatic rings. The maximum absolute atomic E-state index is 5.49. The minimum atomic E-state index is 0.721. The molecular formula is C26H28N2O2. The lowest BCUT2D eigenvalue weighted by molar-refractivity contribution is 0.354. The van der Waals surface area contributed by atoms with Crippen molar-refractivity contribution in [2.45, 2.75) is 33.7 Å². The highest BCUT2D eigenvalue weighted by Gasteiger charge is 2.15. The Bertz CT molecular complexity index is 1180. The zero-order valence-corrected chi connectivity index (χ0v) is 18.3. The number of hydrogen-bond acceptors (Lipinski definition) is 3. The molecule has 0 saturated heterocycles. The van der Waals surface area contributed by atoms with E-state index in [4.69, 9.17) is 14.5 Å². The van der Waals surface area contributed by atoms with Crippen LogP contribution in [0.25, 0.3) is 11.0 Å². The van der Waals surface area contributed by atoms with Crippen LogP contribution >= 0.6 is 0 Å². The van der Waals surface area contributed by atoms with Crippen molar-refractivity contribution in [1.29, 1.82) is 0 Å². The van der Waals surface area contributed by atoms with Gasteiger partial charge in [0, 0.05) is 13.0 Å². The molecule has 154 valence electrons. The highest BCUT2D eigenvalue weighted by molar-refractivity contribution is 5.76. The van der Waals surface area contributed by atoms with Gasteiger partial charge in [0.2, 0.25) is 0 Å². The van der Waals surface area contributed by atoms with Gasteiger partial charge in [-0.15, -0.1) is 0 Å². The van der Waals surface area contributed by atoms with E-state index in [0.29, 0.717) is 0 Å². The normalized spacial score (nSPS) is 11.1. The van der Waals surface area contributed by atoms with Gasteiger partial charge in [0.1, 0.15) is 5.82 Å². The predicted octanol–water partition coefficient (Wildman–Crippen LogP) is 5.62. The number of imidazole rings is 1. The first kappa shape index (κ1) is 20.0. The molecule has 0 aliphatic rings. The van der Waals surface area contributed by atoms with Gasteiger partial charge in [0.15, 0.2) is 11.5 Å². The molecule has 0 aliphatic carbocycles. The first-order valence-corrected chi connectivity index (χ1v) is 10.2. The van der Waals surface area contributed by atoms with Crippen LogP contribution in [0.4, 0.5) is 0 Å². The standard InChI is InChI=1S/C26H28N2O2/c1-17-12-18(2)21(19(3)13-17)16-28-23-9-7-6-8-22(23)27-26(28)15-20-10-11-24(29-4)25(14-20)30-5/h6-14H,15-16H2,1-5H3. The number of aromatic nitrogens is 2. The van der Waals surface area contributed by atoms with Crippen molar-refractivity contribution in [3.8, 4) is 11.5 Å². The molecule has 0 aliphatic heterocycles. The number of rotatable bonds is 6. The molecule has 0 spiro atoms. The van der Waals surface area contributed by atoms with Crippen molar-refractivity contribution in [2.75, 3.05) is 14.2 Å². The summed E-state index contributed by atoms with van der Waals surface area (Å²) in [5, 5.41) is 0. The number of benzene rings is 3. The average Bonchev–Trinajstić information content (AvgIpc) is 3.07. The summed E-state index contributed by atoms with van der Waals surface area (Å²) in [5.74, 6) is 2.52. The zero-order valence-electron chi connectivity index (χ0n) is 18.3. The van der Waals surface area contributed by atoms with E-state index in [2.05, 4.69) is 61.7 Å². The van der Waals surface area contributed by atoms with Crippen LogP contribution in [0.2, 0.25) is 0 Å². The molecule has 0 fully saturated rings. The SMILES string of the molecule is COc1ccc(Cc2nc3ccccc3n2Cc2c(C)cc(C)cc2C)cc1OC. The molecular weight excluding hydrogens is 372 g/mol. The molecule has 1 aromatic heterocycles. The van der Waals surface area contributed by atoms with E-state index >= 15 is 0 Å². The Morgan fingerprint density at radius 1 is 0.833 bits per heavy atom. The summed E-state index contributed by atoms with van der Waals surface area (Å²) in [7, 11) is 3.32. The molecule has 0 saturated carbocycles. The first-order chi connectivity index (χ1) is 14.5. The molecule has 4 rings (SSSR count). The molecule has 4 nitrogen and oxygen atoms in total. The molecule has 30 heavy (non-hydrogen) atoms. The Balaban J connectivity index is 1.78. The van der Waals surface area contributed by atoms with Crippen molar-refractivity contribution < 1.29 is 9.47 Å². The van der Waals surface area contributed by atoms with Gasteiger partial charge >= 0.3 is 0 Å². The highest BCUT2D eigenvalue weighted by atomic mass is 16.5. The second-order valence-electron chi connectivity index (χ2n) is 7.85. The van der Waals surface area contributed by atoms with Gasteiger partial charge in [-0.05, 0) is 67.3 Å². The van der Waals surface area contributed by atoms with Gasteiger partial charge in [0.05, 0.1) is 25.3 Å². The van der Waals surface area contributed by atoms with Crippen molar-refractivity contribution in [3.63, 3.8) is 0 Å². The molecule has 4 heteroatoms. The van der Waals surface area contributed by atoms with Crippen LogP contribution in [0.15, 0.2) is 54.6 Å². The largest absolute Gasteiger partial charge is 0.493 e. The van der Waals surface area contributed by atoms with E-state index in [-0.39, 0.29) is 0 Å². The quantitative estimate of drug-likeness (QED) is 0.422. The summed E-state index contributed by atoms with van der Waals surface area (Å²) in [4.78, 5) is 4.97. The van der Waals surface area contributed by atoms with Gasteiger partial charge in [-0.3, -0.25) is 0 Å². The summed E-state index contributed by atoms with van der Waals surface area (Å²) >= 11 is 0. The fourth-order valence-corrected chi connectivity index (χ4v) is 4.23. The van der Waals surface area contributed by atoms with E-state index in [1.54, 1.807) is 14.2 Å². The number of fused-ring (bicyclic) bond motifs is 1. The lowest BCUT2D eigenvalue weighted by Gasteiger charge is -2.15. The van der Waals surface area contributed by atoms with Crippen molar-refractivity contribution in [2.24, 2.45) is 0 Å². The minimum absolute atomic E-state index is 0.721. The highest BCUT2D eigenvalue weighted by Crippen LogP contribution is 2.29. The lowest BCUT2D eigenvalue weighted by atomic mass is 9.99. The third-order valence-corrected chi connectivity index (χ3v) is 5.70. The third-order valence-electron chi connectivity index (χ3n) is 5.70. The fraction of sp³-hybridized carbons (Fsp3) is 0.269. The summed E-state index contributed by atoms with van der Waals surface area (Å²) in [6.07, 6.45) is 0.721. The predicted molar refractivity (Wildman–Crippen MR) is 122 cm³/mol. The summed E-state index contributed by atoms with van der Waals surface area (Å²) in [6.45, 7) is 7.35. The van der Waals surface area contributed by atoms with E-state index in [0.717, 1.165) is 46.9 Å². The van der Waals surface area contributed by atoms with E-state index < -0.39 is 0 Å². The van der Waals surface area contributed by atoms with Gasteiger partial charge in [-0.25, -0.2) is 4.98 Å². The monoisotopic (exact) mass is 400 g/mol. The van der Waals surface area contributed by atoms with Crippen molar-refractivity contribution in [3.05, 3.63) is 88.2 Å². The summed E-state index contributed by atoms with van der Waals surface area (Å²) < 4.78 is 13.2. The molecule has 0 unspecified atom stereocenters. The van der Waals surface area contributed by atoms with Crippen LogP contribution in [0.5, 0.6) is 11.5 Å². The second kappa shape index (κ2) is 8.23. The lowest BCUT2D eigenvalue weighted by Crippen LogP contribution is -2.09. The van der Waals surface area contributed by atoms with Crippen LogP contribution in [0, 0.1) is 20.8 Å². The zero-order chi connectivity index (χ0) is 21.3. The summed E-state index contributed by atoms with van der Waals surface area (Å²) in [6, 6.07) is 18.9. The Labute approximate surface area is 178 Å². The number of aryl methyl sites for hydroxylation is 3. The molecule has 0 N–H and O–H groups in total. The van der Waals surface area contributed by atoms with Crippen LogP contribution in [0.1, 0.15) is 33.6 Å². The Morgan fingerprint density at radius 3 is 2.23 bits per heavy atom. The first-order valence-electron chi connectivity index (χ1n) is 10.2. The number of ether oxygens (including phenoxy) is 2. The van der Waals surface area contributed by atoms with Crippen molar-refractivity contribution >= 4 is 11.0 Å². The van der Waals surface area contributed by atoms with Gasteiger partial charge in [-0.1, -0.05) is 35.9 Å². The van der Waals surface area contributed by atoms with E-state index in [1.807, 2.05) is 18.2 Å². The molecule has 0 bridgehead atoms. The Hall–Kier alpha value is -3.27. The molecule has 0 radical (unpaired) electrons. The minimum Gasteiger partial charge on any atom is -0.493 e. The van der Waals surface area contributed by atoms with Gasteiger partial charge in [-0.2, -0.15) is 0 Å². The summed E-state index contributed by atoms with van der Waals surface area (Å²) in [5.41, 5.74) is 8.63. The maximum atomic E-state index is 5.49. The second-order valence-corrected chi connectivity index (χ2v) is 7.85. The van der Waals surface area contributed by atoms with Gasteiger partial charge in [0.25, 0.3) is 0 Å². The third kappa shape index (κ3) is 3.78.